The molecule has 2 aromatic rings. The number of rotatable bonds is 3. The van der Waals surface area contributed by atoms with E-state index in [1.54, 1.807) is 12.1 Å². The zero-order valence-electron chi connectivity index (χ0n) is 9.81. The summed E-state index contributed by atoms with van der Waals surface area (Å²) in [5.74, 6) is -0.289. The molecular weight excluding hydrogens is 317 g/mol. The zero-order valence-corrected chi connectivity index (χ0v) is 12.1. The van der Waals surface area contributed by atoms with Crippen molar-refractivity contribution in [2.45, 2.75) is 13.5 Å². The molecule has 0 aliphatic carbocycles. The molecule has 0 radical (unpaired) electrons. The first-order chi connectivity index (χ1) is 8.59. The molecule has 1 N–H and O–H groups in total. The van der Waals surface area contributed by atoms with Gasteiger partial charge in [-0.2, -0.15) is 0 Å². The molecule has 0 amide bonds. The minimum Gasteiger partial charge on any atom is -0.381 e. The normalized spacial score (nSPS) is 10.4. The summed E-state index contributed by atoms with van der Waals surface area (Å²) < 4.78 is 14.6. The lowest BCUT2D eigenvalue weighted by molar-refractivity contribution is 0.613. The molecule has 0 bridgehead atoms. The van der Waals surface area contributed by atoms with Crippen LogP contribution in [0.1, 0.15) is 11.1 Å². The molecule has 18 heavy (non-hydrogen) atoms. The van der Waals surface area contributed by atoms with Gasteiger partial charge in [-0.1, -0.05) is 39.7 Å². The SMILES string of the molecule is Cc1c(Br)cccc1NCc1c(F)cccc1Cl. The number of anilines is 1. The fourth-order valence-electron chi connectivity index (χ4n) is 1.68. The number of hydrogen-bond acceptors (Lipinski definition) is 1. The van der Waals surface area contributed by atoms with Crippen molar-refractivity contribution in [1.29, 1.82) is 0 Å². The summed E-state index contributed by atoms with van der Waals surface area (Å²) in [6, 6.07) is 10.6. The van der Waals surface area contributed by atoms with Crippen LogP contribution in [-0.2, 0) is 6.54 Å². The minimum atomic E-state index is -0.289. The summed E-state index contributed by atoms with van der Waals surface area (Å²) in [4.78, 5) is 0. The average molecular weight is 329 g/mol. The first kappa shape index (κ1) is 13.4. The summed E-state index contributed by atoms with van der Waals surface area (Å²) >= 11 is 9.44. The Bertz CT molecular complexity index is 551. The molecule has 2 aromatic carbocycles. The van der Waals surface area contributed by atoms with Crippen LogP contribution in [0, 0.1) is 12.7 Å². The van der Waals surface area contributed by atoms with E-state index in [2.05, 4.69) is 21.2 Å². The maximum absolute atomic E-state index is 13.6. The van der Waals surface area contributed by atoms with E-state index < -0.39 is 0 Å². The fourth-order valence-corrected chi connectivity index (χ4v) is 2.28. The third-order valence-corrected chi connectivity index (χ3v) is 4.00. The Kier molecular flexibility index (Phi) is 4.25. The summed E-state index contributed by atoms with van der Waals surface area (Å²) in [5.41, 5.74) is 2.53. The van der Waals surface area contributed by atoms with Gasteiger partial charge < -0.3 is 5.32 Å². The highest BCUT2D eigenvalue weighted by Gasteiger charge is 2.07. The number of nitrogens with one attached hydrogen (secondary N) is 1. The topological polar surface area (TPSA) is 12.0 Å². The van der Waals surface area contributed by atoms with Gasteiger partial charge in [-0.15, -0.1) is 0 Å². The molecule has 94 valence electrons. The van der Waals surface area contributed by atoms with Crippen LogP contribution in [0.2, 0.25) is 5.02 Å². The van der Waals surface area contributed by atoms with Gasteiger partial charge in [-0.25, -0.2) is 4.39 Å². The molecule has 2 rings (SSSR count). The fraction of sp³-hybridized carbons (Fsp3) is 0.143. The lowest BCUT2D eigenvalue weighted by Crippen LogP contribution is -2.04. The first-order valence-corrected chi connectivity index (χ1v) is 6.68. The second-order valence-electron chi connectivity index (χ2n) is 3.97. The summed E-state index contributed by atoms with van der Waals surface area (Å²) in [6.07, 6.45) is 0. The maximum Gasteiger partial charge on any atom is 0.129 e. The average Bonchev–Trinajstić information content (AvgIpc) is 2.33. The van der Waals surface area contributed by atoms with Crippen LogP contribution in [-0.4, -0.2) is 0 Å². The predicted molar refractivity (Wildman–Crippen MR) is 77.6 cm³/mol. The van der Waals surface area contributed by atoms with Crippen LogP contribution in [0.15, 0.2) is 40.9 Å². The van der Waals surface area contributed by atoms with Gasteiger partial charge in [0.15, 0.2) is 0 Å². The molecule has 0 aliphatic heterocycles. The molecule has 4 heteroatoms. The molecule has 0 unspecified atom stereocenters. The van der Waals surface area contributed by atoms with Crippen LogP contribution in [0.4, 0.5) is 10.1 Å². The third-order valence-electron chi connectivity index (χ3n) is 2.78. The molecule has 0 aliphatic rings. The Hall–Kier alpha value is -1.06. The molecule has 0 spiro atoms. The Morgan fingerprint density at radius 3 is 2.67 bits per heavy atom. The molecule has 0 heterocycles. The number of benzene rings is 2. The van der Waals surface area contributed by atoms with E-state index in [9.17, 15) is 4.39 Å². The standard InChI is InChI=1S/C14H12BrClFN/c1-9-11(15)4-2-7-14(9)18-8-10-12(16)5-3-6-13(10)17/h2-7,18H,8H2,1H3. The largest absolute Gasteiger partial charge is 0.381 e. The van der Waals surface area contributed by atoms with Crippen molar-refractivity contribution < 1.29 is 4.39 Å². The molecule has 0 aromatic heterocycles. The molecule has 0 atom stereocenters. The van der Waals surface area contributed by atoms with E-state index >= 15 is 0 Å². The highest BCUT2D eigenvalue weighted by molar-refractivity contribution is 9.10. The minimum absolute atomic E-state index is 0.289. The van der Waals surface area contributed by atoms with E-state index in [0.717, 1.165) is 15.7 Å². The Labute approximate surface area is 119 Å². The van der Waals surface area contributed by atoms with Crippen molar-refractivity contribution in [3.63, 3.8) is 0 Å². The Morgan fingerprint density at radius 2 is 1.94 bits per heavy atom. The summed E-state index contributed by atoms with van der Waals surface area (Å²) in [5, 5.41) is 3.64. The maximum atomic E-state index is 13.6. The molecule has 0 saturated carbocycles. The van der Waals surface area contributed by atoms with Crippen molar-refractivity contribution in [3.05, 3.63) is 62.8 Å². The van der Waals surface area contributed by atoms with Gasteiger partial charge in [0.05, 0.1) is 0 Å². The first-order valence-electron chi connectivity index (χ1n) is 5.51. The van der Waals surface area contributed by atoms with Crippen LogP contribution >= 0.6 is 27.5 Å². The highest BCUT2D eigenvalue weighted by atomic mass is 79.9. The van der Waals surface area contributed by atoms with Crippen molar-refractivity contribution in [2.24, 2.45) is 0 Å². The van der Waals surface area contributed by atoms with Crippen molar-refractivity contribution in [2.75, 3.05) is 5.32 Å². The van der Waals surface area contributed by atoms with Gasteiger partial charge in [0, 0.05) is 27.3 Å². The lowest BCUT2D eigenvalue weighted by Gasteiger charge is -2.12. The smallest absolute Gasteiger partial charge is 0.129 e. The van der Waals surface area contributed by atoms with Crippen LogP contribution in [0.25, 0.3) is 0 Å². The molecule has 0 fully saturated rings. The van der Waals surface area contributed by atoms with Crippen molar-refractivity contribution >= 4 is 33.2 Å². The third kappa shape index (κ3) is 2.85. The Morgan fingerprint density at radius 1 is 1.22 bits per heavy atom. The number of halogens is 3. The number of hydrogen-bond donors (Lipinski definition) is 1. The van der Waals surface area contributed by atoms with E-state index in [1.807, 2.05) is 25.1 Å². The van der Waals surface area contributed by atoms with E-state index in [-0.39, 0.29) is 5.82 Å². The summed E-state index contributed by atoms with van der Waals surface area (Å²) in [7, 11) is 0. The predicted octanol–water partition coefficient (Wildman–Crippen LogP) is 5.16. The van der Waals surface area contributed by atoms with Crippen molar-refractivity contribution in [3.8, 4) is 0 Å². The molecule has 0 saturated heterocycles. The van der Waals surface area contributed by atoms with Crippen molar-refractivity contribution in [1.82, 2.24) is 0 Å². The highest BCUT2D eigenvalue weighted by Crippen LogP contribution is 2.25. The lowest BCUT2D eigenvalue weighted by atomic mass is 10.1. The van der Waals surface area contributed by atoms with Gasteiger partial charge in [0.1, 0.15) is 5.82 Å². The monoisotopic (exact) mass is 327 g/mol. The quantitative estimate of drug-likeness (QED) is 0.820. The second kappa shape index (κ2) is 5.72. The van der Waals surface area contributed by atoms with Gasteiger partial charge in [-0.05, 0) is 36.8 Å². The summed E-state index contributed by atoms with van der Waals surface area (Å²) in [6.45, 7) is 2.36. The van der Waals surface area contributed by atoms with Gasteiger partial charge >= 0.3 is 0 Å². The van der Waals surface area contributed by atoms with Crippen LogP contribution in [0.5, 0.6) is 0 Å². The molecule has 1 nitrogen and oxygen atoms in total. The van der Waals surface area contributed by atoms with Crippen LogP contribution < -0.4 is 5.32 Å². The van der Waals surface area contributed by atoms with E-state index in [4.69, 9.17) is 11.6 Å². The second-order valence-corrected chi connectivity index (χ2v) is 5.23. The molecular formula is C14H12BrClFN. The Balaban J connectivity index is 2.19. The van der Waals surface area contributed by atoms with Gasteiger partial charge in [0.2, 0.25) is 0 Å². The van der Waals surface area contributed by atoms with E-state index in [0.29, 0.717) is 17.1 Å². The zero-order chi connectivity index (χ0) is 13.1. The van der Waals surface area contributed by atoms with Crippen LogP contribution in [0.3, 0.4) is 0 Å². The van der Waals surface area contributed by atoms with Gasteiger partial charge in [-0.3, -0.25) is 0 Å². The van der Waals surface area contributed by atoms with E-state index in [1.165, 1.54) is 6.07 Å². The van der Waals surface area contributed by atoms with Gasteiger partial charge in [0.25, 0.3) is 0 Å².